The summed E-state index contributed by atoms with van der Waals surface area (Å²) in [5, 5.41) is 5.68. The summed E-state index contributed by atoms with van der Waals surface area (Å²) >= 11 is 7.88. The van der Waals surface area contributed by atoms with Crippen molar-refractivity contribution in [2.75, 3.05) is 40.4 Å². The van der Waals surface area contributed by atoms with Crippen LogP contribution < -0.4 is 10.1 Å². The fourth-order valence-electron chi connectivity index (χ4n) is 6.12. The van der Waals surface area contributed by atoms with Crippen LogP contribution in [0, 0.1) is 6.92 Å². The number of hydrogen-bond acceptors (Lipinski definition) is 10. The largest absolute Gasteiger partial charge is 0.491 e. The van der Waals surface area contributed by atoms with Gasteiger partial charge in [-0.1, -0.05) is 11.6 Å². The highest BCUT2D eigenvalue weighted by Crippen LogP contribution is 2.41. The number of aromatic nitrogens is 1. The molecule has 1 atom stereocenters. The van der Waals surface area contributed by atoms with Crippen LogP contribution in [0.4, 0.5) is 0 Å². The van der Waals surface area contributed by atoms with Crippen LogP contribution in [-0.2, 0) is 9.53 Å². The second-order valence-electron chi connectivity index (χ2n) is 11.2. The third-order valence-electron chi connectivity index (χ3n) is 8.61. The van der Waals surface area contributed by atoms with Crippen LogP contribution >= 0.6 is 22.9 Å². The number of amidine groups is 1. The second-order valence-corrected chi connectivity index (χ2v) is 12.5. The molecule has 3 aromatic rings. The van der Waals surface area contributed by atoms with Crippen molar-refractivity contribution in [2.24, 2.45) is 4.99 Å². The number of likely N-dealkylation sites (N-methyl/N-ethyl adjacent to an activating group) is 1. The monoisotopic (exact) mass is 619 g/mol. The Bertz CT molecular complexity index is 1700. The highest BCUT2D eigenvalue weighted by atomic mass is 35.5. The van der Waals surface area contributed by atoms with Gasteiger partial charge in [-0.15, -0.1) is 11.3 Å². The first kappa shape index (κ1) is 29.5. The molecule has 6 rings (SSSR count). The zero-order valence-corrected chi connectivity index (χ0v) is 26.3. The Balaban J connectivity index is 1.23. The van der Waals surface area contributed by atoms with Crippen LogP contribution in [0.5, 0.6) is 5.75 Å². The quantitative estimate of drug-likeness (QED) is 0.270. The zero-order chi connectivity index (χ0) is 30.2. The number of benzene rings is 1. The first-order valence-corrected chi connectivity index (χ1v) is 15.7. The van der Waals surface area contributed by atoms with Gasteiger partial charge in [-0.25, -0.2) is 14.6 Å². The molecule has 0 spiro atoms. The molecule has 1 fully saturated rings. The van der Waals surface area contributed by atoms with Crippen LogP contribution in [0.2, 0.25) is 5.02 Å². The van der Waals surface area contributed by atoms with Gasteiger partial charge >= 0.3 is 5.97 Å². The van der Waals surface area contributed by atoms with Crippen molar-refractivity contribution < 1.29 is 19.1 Å². The topological polar surface area (TPSA) is 96.4 Å². The standard InChI is InChI=1S/C32H34ClN5O4S/c1-18-11-24(31-30(35-18)26(17-43-31)32(40)41-4)23-12-20(33)5-8-29(23)42-10-9-38-19(2)36-27-7-6-21(13-25(27)28(38)16-39)37(3)22-14-34-15-22/h5,8,11-12,17,21-22,34H,6-7,9-10,13-15H2,1-4H3. The number of rotatable bonds is 8. The lowest BCUT2D eigenvalue weighted by atomic mass is 9.87. The predicted octanol–water partition coefficient (Wildman–Crippen LogP) is 5.25. The number of hydrogen-bond donors (Lipinski definition) is 1. The number of aliphatic imine (C=N–C) groups is 1. The second kappa shape index (κ2) is 12.2. The molecule has 1 saturated heterocycles. The number of nitrogens with one attached hydrogen (secondary N) is 1. The Labute approximate surface area is 259 Å². The van der Waals surface area contributed by atoms with Crippen LogP contribution in [0.3, 0.4) is 0 Å². The number of fused-ring (bicyclic) bond motifs is 1. The van der Waals surface area contributed by atoms with Gasteiger partial charge in [-0.3, -0.25) is 9.88 Å². The zero-order valence-electron chi connectivity index (χ0n) is 24.7. The highest BCUT2D eigenvalue weighted by molar-refractivity contribution is 7.18. The Morgan fingerprint density at radius 1 is 1.23 bits per heavy atom. The lowest BCUT2D eigenvalue weighted by Gasteiger charge is -2.43. The van der Waals surface area contributed by atoms with E-state index in [9.17, 15) is 9.59 Å². The molecule has 224 valence electrons. The van der Waals surface area contributed by atoms with Gasteiger partial charge in [0.05, 0.1) is 29.4 Å². The number of halogens is 1. The minimum absolute atomic E-state index is 0.303. The molecule has 3 aliphatic rings. The molecule has 43 heavy (non-hydrogen) atoms. The molecule has 0 saturated carbocycles. The maximum atomic E-state index is 12.4. The molecule has 2 aliphatic heterocycles. The van der Waals surface area contributed by atoms with Gasteiger partial charge in [0.15, 0.2) is 5.94 Å². The van der Waals surface area contributed by atoms with Gasteiger partial charge in [-0.05, 0) is 64.4 Å². The number of esters is 1. The Morgan fingerprint density at radius 3 is 2.77 bits per heavy atom. The third-order valence-corrected chi connectivity index (χ3v) is 9.85. The molecule has 11 heteroatoms. The Morgan fingerprint density at radius 2 is 2.05 bits per heavy atom. The molecule has 1 unspecified atom stereocenters. The maximum Gasteiger partial charge on any atom is 0.340 e. The number of nitrogens with zero attached hydrogens (tertiary/aromatic N) is 4. The van der Waals surface area contributed by atoms with Gasteiger partial charge in [0.2, 0.25) is 0 Å². The summed E-state index contributed by atoms with van der Waals surface area (Å²) in [6, 6.07) is 8.37. The molecule has 2 aromatic heterocycles. The summed E-state index contributed by atoms with van der Waals surface area (Å²) in [6.45, 7) is 6.56. The lowest BCUT2D eigenvalue weighted by Crippen LogP contribution is -2.59. The van der Waals surface area contributed by atoms with E-state index in [4.69, 9.17) is 26.1 Å². The summed E-state index contributed by atoms with van der Waals surface area (Å²) in [5.41, 5.74) is 6.01. The minimum Gasteiger partial charge on any atom is -0.491 e. The van der Waals surface area contributed by atoms with Crippen molar-refractivity contribution >= 4 is 50.9 Å². The van der Waals surface area contributed by atoms with Crippen LogP contribution in [0.15, 0.2) is 51.6 Å². The molecule has 1 N–H and O–H groups in total. The van der Waals surface area contributed by atoms with E-state index in [1.807, 2.05) is 36.9 Å². The van der Waals surface area contributed by atoms with E-state index in [2.05, 4.69) is 28.2 Å². The van der Waals surface area contributed by atoms with Gasteiger partial charge < -0.3 is 19.7 Å². The van der Waals surface area contributed by atoms with E-state index in [1.165, 1.54) is 18.4 Å². The van der Waals surface area contributed by atoms with Crippen molar-refractivity contribution in [3.63, 3.8) is 0 Å². The molecule has 0 radical (unpaired) electrons. The van der Waals surface area contributed by atoms with E-state index in [-0.39, 0.29) is 0 Å². The molecular formula is C32H34ClN5O4S. The van der Waals surface area contributed by atoms with Crippen LogP contribution in [-0.4, -0.2) is 85.0 Å². The Kier molecular flexibility index (Phi) is 8.40. The van der Waals surface area contributed by atoms with Crippen LogP contribution in [0.1, 0.15) is 42.2 Å². The van der Waals surface area contributed by atoms with E-state index in [0.717, 1.165) is 71.0 Å². The predicted molar refractivity (Wildman–Crippen MR) is 170 cm³/mol. The number of allylic oxidation sites excluding steroid dienone is 2. The Hall–Kier alpha value is -3.53. The molecule has 1 aromatic carbocycles. The van der Waals surface area contributed by atoms with Gasteiger partial charge in [0, 0.05) is 63.7 Å². The molecule has 0 bridgehead atoms. The fourth-order valence-corrected chi connectivity index (χ4v) is 7.30. The van der Waals surface area contributed by atoms with Gasteiger partial charge in [0.1, 0.15) is 23.9 Å². The van der Waals surface area contributed by atoms with Crippen LogP contribution in [0.25, 0.3) is 21.3 Å². The highest BCUT2D eigenvalue weighted by Gasteiger charge is 2.35. The van der Waals surface area contributed by atoms with Crippen molar-refractivity contribution in [1.29, 1.82) is 0 Å². The van der Waals surface area contributed by atoms with Crippen molar-refractivity contribution in [3.8, 4) is 16.9 Å². The number of ether oxygens (including phenoxy) is 2. The smallest absolute Gasteiger partial charge is 0.340 e. The number of thiophene rings is 1. The number of methoxy groups -OCH3 is 1. The van der Waals surface area contributed by atoms with E-state index < -0.39 is 5.97 Å². The average Bonchev–Trinajstić information content (AvgIpc) is 3.39. The third kappa shape index (κ3) is 5.61. The summed E-state index contributed by atoms with van der Waals surface area (Å²) in [5.74, 6) is 3.23. The molecule has 9 nitrogen and oxygen atoms in total. The first-order valence-electron chi connectivity index (χ1n) is 14.4. The first-order chi connectivity index (χ1) is 20.8. The number of carbonyl (C=O) groups is 1. The number of pyridine rings is 1. The number of aryl methyl sites for hydroxylation is 1. The van der Waals surface area contributed by atoms with Gasteiger partial charge in [-0.2, -0.15) is 0 Å². The average molecular weight is 620 g/mol. The van der Waals surface area contributed by atoms with E-state index >= 15 is 0 Å². The number of carbonyl (C=O) groups excluding carboxylic acids is 2. The molecule has 0 amide bonds. The van der Waals surface area contributed by atoms with Gasteiger partial charge in [0.25, 0.3) is 0 Å². The fraction of sp³-hybridized carbons (Fsp3) is 0.406. The molecular weight excluding hydrogens is 586 g/mol. The summed E-state index contributed by atoms with van der Waals surface area (Å²) in [7, 11) is 3.55. The molecule has 1 aliphatic carbocycles. The summed E-state index contributed by atoms with van der Waals surface area (Å²) in [4.78, 5) is 38.6. The van der Waals surface area contributed by atoms with E-state index in [0.29, 0.717) is 52.8 Å². The summed E-state index contributed by atoms with van der Waals surface area (Å²) in [6.07, 6.45) is 2.67. The van der Waals surface area contributed by atoms with Crippen molar-refractivity contribution in [3.05, 3.63) is 62.9 Å². The lowest BCUT2D eigenvalue weighted by molar-refractivity contribution is 0.0603. The normalized spacial score (nSPS) is 18.8. The summed E-state index contributed by atoms with van der Waals surface area (Å²) < 4.78 is 12.2. The van der Waals surface area contributed by atoms with Crippen molar-refractivity contribution in [1.82, 2.24) is 20.1 Å². The molecule has 4 heterocycles. The SMILES string of the molecule is COC(=O)c1csc2c(-c3cc(Cl)ccc3OCCN3C(=C=O)C4=C(CCC(N(C)C5CNC5)C4)N=C3C)cc(C)nc12. The van der Waals surface area contributed by atoms with E-state index in [1.54, 1.807) is 11.4 Å². The maximum absolute atomic E-state index is 12.4. The minimum atomic E-state index is -0.426. The van der Waals surface area contributed by atoms with Crippen molar-refractivity contribution in [2.45, 2.75) is 45.2 Å².